The minimum absolute atomic E-state index is 0.167. The Labute approximate surface area is 185 Å². The second-order valence-electron chi connectivity index (χ2n) is 7.94. The van der Waals surface area contributed by atoms with Gasteiger partial charge in [-0.1, -0.05) is 30.3 Å². The number of benzene rings is 2. The van der Waals surface area contributed by atoms with Crippen LogP contribution in [0.3, 0.4) is 0 Å². The molecule has 1 atom stereocenters. The predicted molar refractivity (Wildman–Crippen MR) is 122 cm³/mol. The first-order chi connectivity index (χ1) is 15.1. The van der Waals surface area contributed by atoms with E-state index >= 15 is 0 Å². The molecule has 0 aromatic heterocycles. The minimum atomic E-state index is -0.704. The van der Waals surface area contributed by atoms with Gasteiger partial charge in [0.1, 0.15) is 11.9 Å². The number of nitrogens with zero attached hydrogens (tertiary/aromatic N) is 1. The van der Waals surface area contributed by atoms with E-state index < -0.39 is 6.10 Å². The molecule has 1 aliphatic rings. The summed E-state index contributed by atoms with van der Waals surface area (Å²) in [4.78, 5) is 14.7. The van der Waals surface area contributed by atoms with Gasteiger partial charge in [0.05, 0.1) is 12.7 Å². The fourth-order valence-corrected chi connectivity index (χ4v) is 3.69. The van der Waals surface area contributed by atoms with Crippen LogP contribution < -0.4 is 10.1 Å². The Morgan fingerprint density at radius 2 is 1.84 bits per heavy atom. The van der Waals surface area contributed by atoms with Gasteiger partial charge in [0, 0.05) is 38.3 Å². The number of aliphatic hydroxyl groups excluding tert-OH is 1. The second-order valence-corrected chi connectivity index (χ2v) is 7.94. The number of ether oxygens (including phenoxy) is 2. The van der Waals surface area contributed by atoms with Crippen molar-refractivity contribution in [2.75, 3.05) is 39.4 Å². The number of likely N-dealkylation sites (tertiary alicyclic amines) is 1. The number of nitrogens with one attached hydrogen (secondary N) is 1. The first kappa shape index (κ1) is 23.3. The van der Waals surface area contributed by atoms with Crippen molar-refractivity contribution < 1.29 is 19.4 Å². The highest BCUT2D eigenvalue weighted by Gasteiger charge is 2.20. The SMILES string of the molecule is CCOC[C@@H](O)CNC(=O)c1ccc(OC2CCN(CCc3ccccc3)CC2)cc1. The highest BCUT2D eigenvalue weighted by Crippen LogP contribution is 2.20. The first-order valence-electron chi connectivity index (χ1n) is 11.2. The van der Waals surface area contributed by atoms with Gasteiger partial charge < -0.3 is 24.8 Å². The Kier molecular flexibility index (Phi) is 9.34. The van der Waals surface area contributed by atoms with Crippen molar-refractivity contribution in [1.29, 1.82) is 0 Å². The lowest BCUT2D eigenvalue weighted by Crippen LogP contribution is -2.39. The quantitative estimate of drug-likeness (QED) is 0.578. The second kappa shape index (κ2) is 12.4. The van der Waals surface area contributed by atoms with Crippen molar-refractivity contribution in [3.8, 4) is 5.75 Å². The maximum Gasteiger partial charge on any atom is 0.251 e. The lowest BCUT2D eigenvalue weighted by atomic mass is 10.1. The third kappa shape index (κ3) is 7.98. The molecule has 2 aromatic rings. The van der Waals surface area contributed by atoms with Gasteiger partial charge in [-0.3, -0.25) is 4.79 Å². The summed E-state index contributed by atoms with van der Waals surface area (Å²) in [5, 5.41) is 12.5. The highest BCUT2D eigenvalue weighted by molar-refractivity contribution is 5.94. The fourth-order valence-electron chi connectivity index (χ4n) is 3.69. The maximum atomic E-state index is 12.2. The van der Waals surface area contributed by atoms with E-state index in [1.165, 1.54) is 5.56 Å². The predicted octanol–water partition coefficient (Wildman–Crippen LogP) is 2.90. The van der Waals surface area contributed by atoms with Gasteiger partial charge in [-0.25, -0.2) is 0 Å². The average Bonchev–Trinajstić information content (AvgIpc) is 2.82. The topological polar surface area (TPSA) is 71.0 Å². The van der Waals surface area contributed by atoms with Crippen LogP contribution in [-0.4, -0.2) is 67.5 Å². The number of aliphatic hydroxyl groups is 1. The molecule has 0 bridgehead atoms. The van der Waals surface area contributed by atoms with Gasteiger partial charge in [-0.15, -0.1) is 0 Å². The van der Waals surface area contributed by atoms with Crippen LogP contribution in [0.15, 0.2) is 54.6 Å². The molecule has 168 valence electrons. The molecule has 0 spiro atoms. The Morgan fingerprint density at radius 1 is 1.13 bits per heavy atom. The van der Waals surface area contributed by atoms with Gasteiger partial charge in [0.2, 0.25) is 0 Å². The van der Waals surface area contributed by atoms with Crippen molar-refractivity contribution in [2.45, 2.75) is 38.4 Å². The number of carbonyl (C=O) groups excluding carboxylic acids is 1. The molecule has 1 saturated heterocycles. The van der Waals surface area contributed by atoms with E-state index in [4.69, 9.17) is 9.47 Å². The van der Waals surface area contributed by atoms with Crippen LogP contribution in [0, 0.1) is 0 Å². The largest absolute Gasteiger partial charge is 0.490 e. The summed E-state index contributed by atoms with van der Waals surface area (Å²) in [6, 6.07) is 17.8. The molecule has 0 aliphatic carbocycles. The first-order valence-corrected chi connectivity index (χ1v) is 11.2. The Bertz CT molecular complexity index is 774. The summed E-state index contributed by atoms with van der Waals surface area (Å²) in [6.45, 7) is 5.96. The van der Waals surface area contributed by atoms with Crippen LogP contribution in [-0.2, 0) is 11.2 Å². The minimum Gasteiger partial charge on any atom is -0.490 e. The summed E-state index contributed by atoms with van der Waals surface area (Å²) >= 11 is 0. The third-order valence-electron chi connectivity index (χ3n) is 5.53. The number of amides is 1. The Hall–Kier alpha value is -2.41. The molecule has 2 aromatic carbocycles. The average molecular weight is 427 g/mol. The molecule has 0 radical (unpaired) electrons. The van der Waals surface area contributed by atoms with E-state index in [1.807, 2.05) is 19.1 Å². The Balaban J connectivity index is 1.37. The van der Waals surface area contributed by atoms with Crippen LogP contribution in [0.5, 0.6) is 5.75 Å². The third-order valence-corrected chi connectivity index (χ3v) is 5.53. The maximum absolute atomic E-state index is 12.2. The molecule has 1 heterocycles. The number of hydrogen-bond donors (Lipinski definition) is 2. The Morgan fingerprint density at radius 3 is 2.52 bits per heavy atom. The van der Waals surface area contributed by atoms with E-state index in [9.17, 15) is 9.90 Å². The normalized spacial score (nSPS) is 16.1. The van der Waals surface area contributed by atoms with Crippen molar-refractivity contribution >= 4 is 5.91 Å². The summed E-state index contributed by atoms with van der Waals surface area (Å²) in [5.74, 6) is 0.574. The summed E-state index contributed by atoms with van der Waals surface area (Å²) < 4.78 is 11.3. The molecule has 3 rings (SSSR count). The molecule has 2 N–H and O–H groups in total. The highest BCUT2D eigenvalue weighted by atomic mass is 16.5. The van der Waals surface area contributed by atoms with Crippen LogP contribution >= 0.6 is 0 Å². The number of hydrogen-bond acceptors (Lipinski definition) is 5. The van der Waals surface area contributed by atoms with E-state index in [0.29, 0.717) is 12.2 Å². The molecule has 0 saturated carbocycles. The lowest BCUT2D eigenvalue weighted by Gasteiger charge is -2.32. The van der Waals surface area contributed by atoms with E-state index in [0.717, 1.165) is 44.6 Å². The van der Waals surface area contributed by atoms with Gasteiger partial charge in [0.25, 0.3) is 5.91 Å². The molecule has 1 fully saturated rings. The van der Waals surface area contributed by atoms with E-state index in [2.05, 4.69) is 40.5 Å². The number of piperidine rings is 1. The standard InChI is InChI=1S/C25H34N2O4/c1-2-30-19-22(28)18-26-25(29)21-8-10-23(11-9-21)31-24-13-16-27(17-14-24)15-12-20-6-4-3-5-7-20/h3-11,22,24,28H,2,12-19H2,1H3,(H,26,29)/t22-/m0/s1. The van der Waals surface area contributed by atoms with Crippen molar-refractivity contribution in [3.63, 3.8) is 0 Å². The van der Waals surface area contributed by atoms with Crippen molar-refractivity contribution in [1.82, 2.24) is 10.2 Å². The van der Waals surface area contributed by atoms with Crippen LogP contribution in [0.1, 0.15) is 35.7 Å². The van der Waals surface area contributed by atoms with Crippen molar-refractivity contribution in [3.05, 3.63) is 65.7 Å². The summed E-state index contributed by atoms with van der Waals surface area (Å²) in [6.07, 6.45) is 2.61. The molecule has 6 heteroatoms. The fraction of sp³-hybridized carbons (Fsp3) is 0.480. The van der Waals surface area contributed by atoms with Crippen LogP contribution in [0.25, 0.3) is 0 Å². The molecule has 1 aliphatic heterocycles. The van der Waals surface area contributed by atoms with Gasteiger partial charge in [-0.2, -0.15) is 0 Å². The van der Waals surface area contributed by atoms with E-state index in [-0.39, 0.29) is 25.2 Å². The molecule has 6 nitrogen and oxygen atoms in total. The summed E-state index contributed by atoms with van der Waals surface area (Å²) in [5.41, 5.74) is 1.93. The van der Waals surface area contributed by atoms with Gasteiger partial charge in [-0.05, 0) is 56.0 Å². The molecule has 31 heavy (non-hydrogen) atoms. The summed E-state index contributed by atoms with van der Waals surface area (Å²) in [7, 11) is 0. The number of rotatable bonds is 11. The molecular weight excluding hydrogens is 392 g/mol. The monoisotopic (exact) mass is 426 g/mol. The van der Waals surface area contributed by atoms with Gasteiger partial charge in [0.15, 0.2) is 0 Å². The van der Waals surface area contributed by atoms with Crippen molar-refractivity contribution in [2.24, 2.45) is 0 Å². The number of carbonyl (C=O) groups is 1. The molecule has 0 unspecified atom stereocenters. The zero-order valence-corrected chi connectivity index (χ0v) is 18.3. The van der Waals surface area contributed by atoms with Crippen LogP contribution in [0.2, 0.25) is 0 Å². The zero-order valence-electron chi connectivity index (χ0n) is 18.3. The zero-order chi connectivity index (χ0) is 21.9. The van der Waals surface area contributed by atoms with E-state index in [1.54, 1.807) is 12.1 Å². The smallest absolute Gasteiger partial charge is 0.251 e. The molecule has 1 amide bonds. The van der Waals surface area contributed by atoms with Crippen LogP contribution in [0.4, 0.5) is 0 Å². The molecular formula is C25H34N2O4. The lowest BCUT2D eigenvalue weighted by molar-refractivity contribution is 0.0418. The van der Waals surface area contributed by atoms with Gasteiger partial charge >= 0.3 is 0 Å².